The minimum Gasteiger partial charge on any atom is -0.390 e. The molecule has 0 radical (unpaired) electrons. The van der Waals surface area contributed by atoms with Crippen molar-refractivity contribution in [2.24, 2.45) is 17.8 Å². The molecule has 2 heteroatoms. The lowest BCUT2D eigenvalue weighted by Crippen LogP contribution is -2.52. The molecule has 17 heavy (non-hydrogen) atoms. The molecular formula is C15H26O2. The zero-order valence-corrected chi connectivity index (χ0v) is 11.5. The van der Waals surface area contributed by atoms with Gasteiger partial charge >= 0.3 is 0 Å². The first kappa shape index (κ1) is 13.1. The minimum absolute atomic E-state index is 0.281. The summed E-state index contributed by atoms with van der Waals surface area (Å²) in [6, 6.07) is 0. The zero-order valence-electron chi connectivity index (χ0n) is 11.5. The summed E-state index contributed by atoms with van der Waals surface area (Å²) in [6.45, 7) is 7.96. The van der Waals surface area contributed by atoms with Crippen molar-refractivity contribution < 1.29 is 10.2 Å². The zero-order chi connectivity index (χ0) is 12.8. The second kappa shape index (κ2) is 4.10. The molecule has 98 valence electrons. The van der Waals surface area contributed by atoms with Crippen LogP contribution in [0.3, 0.4) is 0 Å². The van der Waals surface area contributed by atoms with E-state index in [1.165, 1.54) is 5.57 Å². The van der Waals surface area contributed by atoms with E-state index >= 15 is 0 Å². The molecule has 2 nitrogen and oxygen atoms in total. The average molecular weight is 238 g/mol. The molecular weight excluding hydrogens is 212 g/mol. The smallest absolute Gasteiger partial charge is 0.0653 e. The second-order valence-corrected chi connectivity index (χ2v) is 6.89. The Morgan fingerprint density at radius 2 is 2.00 bits per heavy atom. The van der Waals surface area contributed by atoms with Crippen molar-refractivity contribution in [2.45, 2.75) is 64.6 Å². The topological polar surface area (TPSA) is 40.5 Å². The number of aliphatic hydroxyl groups is 2. The van der Waals surface area contributed by atoms with Crippen molar-refractivity contribution in [1.29, 1.82) is 0 Å². The Kier molecular flexibility index (Phi) is 3.16. The molecule has 2 aliphatic rings. The molecule has 1 fully saturated rings. The van der Waals surface area contributed by atoms with E-state index in [-0.39, 0.29) is 5.92 Å². The van der Waals surface area contributed by atoms with Gasteiger partial charge in [-0.05, 0) is 71.1 Å². The standard InChI is InChI=1S/C15H26O2/c1-10-5-6-13-11(9-10)12(14(2,3)16)7-8-15(13,4)17/h9,11-13,16-17H,5-8H2,1-4H3/t11-,12+,13+,15-/m1/s1. The Balaban J connectivity index is 2.32. The summed E-state index contributed by atoms with van der Waals surface area (Å²) < 4.78 is 0. The third-order valence-corrected chi connectivity index (χ3v) is 4.92. The molecule has 0 spiro atoms. The van der Waals surface area contributed by atoms with E-state index in [0.717, 1.165) is 25.7 Å². The average Bonchev–Trinajstić information content (AvgIpc) is 2.14. The molecule has 0 aromatic heterocycles. The maximum atomic E-state index is 10.5. The van der Waals surface area contributed by atoms with Gasteiger partial charge in [0.05, 0.1) is 11.2 Å². The lowest BCUT2D eigenvalue weighted by molar-refractivity contribution is -0.116. The highest BCUT2D eigenvalue weighted by atomic mass is 16.3. The van der Waals surface area contributed by atoms with Crippen molar-refractivity contribution in [2.75, 3.05) is 0 Å². The lowest BCUT2D eigenvalue weighted by atomic mass is 9.57. The molecule has 1 saturated carbocycles. The van der Waals surface area contributed by atoms with Crippen LogP contribution in [-0.2, 0) is 0 Å². The second-order valence-electron chi connectivity index (χ2n) is 6.89. The molecule has 0 aromatic carbocycles. The highest BCUT2D eigenvalue weighted by Gasteiger charge is 2.49. The Morgan fingerprint density at radius 3 is 2.59 bits per heavy atom. The molecule has 0 amide bonds. The molecule has 2 N–H and O–H groups in total. The fourth-order valence-corrected chi connectivity index (χ4v) is 3.88. The summed E-state index contributed by atoms with van der Waals surface area (Å²) >= 11 is 0. The Bertz CT molecular complexity index is 322. The Morgan fingerprint density at radius 1 is 1.35 bits per heavy atom. The molecule has 2 rings (SSSR count). The fourth-order valence-electron chi connectivity index (χ4n) is 3.88. The van der Waals surface area contributed by atoms with Crippen molar-refractivity contribution in [3.05, 3.63) is 11.6 Å². The fraction of sp³-hybridized carbons (Fsp3) is 0.867. The SMILES string of the molecule is CC1=C[C@@H]2[C@@H](C(C)(C)O)CC[C@@](C)(O)[C@H]2CC1. The third kappa shape index (κ3) is 2.43. The van der Waals surface area contributed by atoms with Crippen LogP contribution in [0.2, 0.25) is 0 Å². The maximum absolute atomic E-state index is 10.5. The largest absolute Gasteiger partial charge is 0.390 e. The van der Waals surface area contributed by atoms with Gasteiger partial charge in [0.25, 0.3) is 0 Å². The molecule has 2 aliphatic carbocycles. The molecule has 0 heterocycles. The van der Waals surface area contributed by atoms with Crippen LogP contribution in [-0.4, -0.2) is 21.4 Å². The summed E-state index contributed by atoms with van der Waals surface area (Å²) in [4.78, 5) is 0. The van der Waals surface area contributed by atoms with Crippen molar-refractivity contribution in [3.63, 3.8) is 0 Å². The molecule has 0 unspecified atom stereocenters. The van der Waals surface area contributed by atoms with Crippen LogP contribution in [0.1, 0.15) is 53.4 Å². The Hall–Kier alpha value is -0.340. The normalized spacial score (nSPS) is 42.9. The van der Waals surface area contributed by atoms with Crippen LogP contribution in [0.4, 0.5) is 0 Å². The van der Waals surface area contributed by atoms with Crippen molar-refractivity contribution in [1.82, 2.24) is 0 Å². The van der Waals surface area contributed by atoms with Crippen molar-refractivity contribution in [3.8, 4) is 0 Å². The van der Waals surface area contributed by atoms with E-state index in [0.29, 0.717) is 11.8 Å². The van der Waals surface area contributed by atoms with E-state index in [4.69, 9.17) is 0 Å². The first-order chi connectivity index (χ1) is 7.72. The predicted octanol–water partition coefficient (Wildman–Crippen LogP) is 2.89. The van der Waals surface area contributed by atoms with Gasteiger partial charge in [-0.25, -0.2) is 0 Å². The quantitative estimate of drug-likeness (QED) is 0.690. The maximum Gasteiger partial charge on any atom is 0.0653 e. The van der Waals surface area contributed by atoms with Gasteiger partial charge < -0.3 is 10.2 Å². The summed E-state index contributed by atoms with van der Waals surface area (Å²) in [5, 5.41) is 20.9. The first-order valence-electron chi connectivity index (χ1n) is 6.84. The van der Waals surface area contributed by atoms with Gasteiger partial charge in [-0.2, -0.15) is 0 Å². The van der Waals surface area contributed by atoms with Crippen LogP contribution < -0.4 is 0 Å². The van der Waals surface area contributed by atoms with E-state index < -0.39 is 11.2 Å². The number of fused-ring (bicyclic) bond motifs is 1. The van der Waals surface area contributed by atoms with Gasteiger partial charge in [-0.1, -0.05) is 11.6 Å². The van der Waals surface area contributed by atoms with Crippen LogP contribution >= 0.6 is 0 Å². The number of rotatable bonds is 1. The highest BCUT2D eigenvalue weighted by Crippen LogP contribution is 2.50. The number of allylic oxidation sites excluding steroid dienone is 2. The van der Waals surface area contributed by atoms with E-state index in [1.807, 2.05) is 20.8 Å². The molecule has 0 saturated heterocycles. The first-order valence-corrected chi connectivity index (χ1v) is 6.84. The predicted molar refractivity (Wildman–Crippen MR) is 69.6 cm³/mol. The summed E-state index contributed by atoms with van der Waals surface area (Å²) in [7, 11) is 0. The molecule has 4 atom stereocenters. The lowest BCUT2D eigenvalue weighted by Gasteiger charge is -2.51. The Labute approximate surface area is 105 Å². The van der Waals surface area contributed by atoms with Crippen LogP contribution in [0.5, 0.6) is 0 Å². The summed E-state index contributed by atoms with van der Waals surface area (Å²) in [5.74, 6) is 0.937. The van der Waals surface area contributed by atoms with Gasteiger partial charge in [0.1, 0.15) is 0 Å². The number of hydrogen-bond acceptors (Lipinski definition) is 2. The molecule has 0 aromatic rings. The van der Waals surface area contributed by atoms with Gasteiger partial charge in [-0.3, -0.25) is 0 Å². The van der Waals surface area contributed by atoms with Gasteiger partial charge in [0, 0.05) is 0 Å². The van der Waals surface area contributed by atoms with Gasteiger partial charge in [0.15, 0.2) is 0 Å². The van der Waals surface area contributed by atoms with Crippen LogP contribution in [0, 0.1) is 17.8 Å². The van der Waals surface area contributed by atoms with Crippen LogP contribution in [0.25, 0.3) is 0 Å². The summed E-state index contributed by atoms with van der Waals surface area (Å²) in [6.07, 6.45) is 6.20. The van der Waals surface area contributed by atoms with Crippen LogP contribution in [0.15, 0.2) is 11.6 Å². The molecule has 0 aliphatic heterocycles. The van der Waals surface area contributed by atoms with E-state index in [1.54, 1.807) is 0 Å². The number of hydrogen-bond donors (Lipinski definition) is 2. The van der Waals surface area contributed by atoms with Gasteiger partial charge in [0.2, 0.25) is 0 Å². The van der Waals surface area contributed by atoms with E-state index in [2.05, 4.69) is 13.0 Å². The van der Waals surface area contributed by atoms with Crippen molar-refractivity contribution >= 4 is 0 Å². The monoisotopic (exact) mass is 238 g/mol. The summed E-state index contributed by atoms with van der Waals surface area (Å²) in [5.41, 5.74) is 0.218. The van der Waals surface area contributed by atoms with Gasteiger partial charge in [-0.15, -0.1) is 0 Å². The minimum atomic E-state index is -0.645. The highest BCUT2D eigenvalue weighted by molar-refractivity contribution is 5.15. The third-order valence-electron chi connectivity index (χ3n) is 4.92. The van der Waals surface area contributed by atoms with E-state index in [9.17, 15) is 10.2 Å². The molecule has 0 bridgehead atoms.